The van der Waals surface area contributed by atoms with Gasteiger partial charge in [-0.3, -0.25) is 9.36 Å². The topological polar surface area (TPSA) is 56.9 Å². The van der Waals surface area contributed by atoms with E-state index in [1.807, 2.05) is 6.07 Å². The van der Waals surface area contributed by atoms with Gasteiger partial charge in [0.05, 0.1) is 17.6 Å². The smallest absolute Gasteiger partial charge is 0.268 e. The summed E-state index contributed by atoms with van der Waals surface area (Å²) in [7, 11) is 0. The van der Waals surface area contributed by atoms with E-state index >= 15 is 0 Å². The molecule has 4 rings (SSSR count). The quantitative estimate of drug-likeness (QED) is 0.546. The van der Waals surface area contributed by atoms with Crippen LogP contribution >= 0.6 is 11.6 Å². The van der Waals surface area contributed by atoms with Gasteiger partial charge in [-0.15, -0.1) is 0 Å². The Morgan fingerprint density at radius 1 is 1.00 bits per heavy atom. The van der Waals surface area contributed by atoms with E-state index in [2.05, 4.69) is 4.98 Å². The van der Waals surface area contributed by atoms with Crippen molar-refractivity contribution in [2.75, 3.05) is 0 Å². The van der Waals surface area contributed by atoms with Gasteiger partial charge in [0, 0.05) is 11.2 Å². The van der Waals surface area contributed by atoms with Gasteiger partial charge in [-0.05, 0) is 42.0 Å². The summed E-state index contributed by atoms with van der Waals surface area (Å²) in [6.45, 7) is -0.0750. The predicted molar refractivity (Wildman–Crippen MR) is 102 cm³/mol. The largest absolute Gasteiger partial charge is 0.337 e. The fraction of sp³-hybridized carbons (Fsp3) is 0.0500. The molecule has 0 unspecified atom stereocenters. The van der Waals surface area contributed by atoms with Gasteiger partial charge >= 0.3 is 5.69 Å². The van der Waals surface area contributed by atoms with Crippen molar-refractivity contribution >= 4 is 22.6 Å². The van der Waals surface area contributed by atoms with Crippen LogP contribution in [0.5, 0.6) is 0 Å². The molecule has 7 heteroatoms. The Morgan fingerprint density at radius 2 is 1.78 bits per heavy atom. The minimum absolute atomic E-state index is 0.0750. The third-order valence-electron chi connectivity index (χ3n) is 4.25. The zero-order valence-electron chi connectivity index (χ0n) is 14.0. The summed E-state index contributed by atoms with van der Waals surface area (Å²) in [6, 6.07) is 16.0. The number of hydrogen-bond donors (Lipinski definition) is 0. The molecule has 2 aromatic carbocycles. The van der Waals surface area contributed by atoms with E-state index in [0.717, 1.165) is 10.6 Å². The average Bonchev–Trinajstić information content (AvgIpc) is 2.68. The lowest BCUT2D eigenvalue weighted by molar-refractivity contribution is 0.625. The number of aromatic nitrogens is 3. The van der Waals surface area contributed by atoms with Crippen LogP contribution in [-0.2, 0) is 6.54 Å². The summed E-state index contributed by atoms with van der Waals surface area (Å²) >= 11 is 6.08. The van der Waals surface area contributed by atoms with Crippen molar-refractivity contribution in [2.45, 2.75) is 6.54 Å². The fourth-order valence-corrected chi connectivity index (χ4v) is 3.18. The van der Waals surface area contributed by atoms with Crippen LogP contribution in [0, 0.1) is 5.82 Å². The van der Waals surface area contributed by atoms with Gasteiger partial charge in [-0.2, -0.15) is 0 Å². The van der Waals surface area contributed by atoms with E-state index in [0.29, 0.717) is 16.6 Å². The van der Waals surface area contributed by atoms with Crippen molar-refractivity contribution in [2.24, 2.45) is 0 Å². The Labute approximate surface area is 157 Å². The normalized spacial score (nSPS) is 11.0. The Bertz CT molecular complexity index is 1270. The standard InChI is InChI=1S/C20H13ClFN3O2/c21-17-11-14(22)9-8-13(17)12-24-19(26)16-7-4-10-23-18(16)25(20(24)27)15-5-2-1-3-6-15/h1-11H,12H2. The number of halogens is 2. The summed E-state index contributed by atoms with van der Waals surface area (Å²) in [4.78, 5) is 30.3. The highest BCUT2D eigenvalue weighted by molar-refractivity contribution is 6.31. The molecule has 2 heterocycles. The number of para-hydroxylation sites is 1. The van der Waals surface area contributed by atoms with Crippen LogP contribution in [0.15, 0.2) is 76.4 Å². The number of fused-ring (bicyclic) bond motifs is 1. The Kier molecular flexibility index (Phi) is 4.33. The van der Waals surface area contributed by atoms with Gasteiger partial charge in [0.25, 0.3) is 5.56 Å². The second-order valence-electron chi connectivity index (χ2n) is 5.96. The first-order chi connectivity index (χ1) is 13.1. The van der Waals surface area contributed by atoms with Gasteiger partial charge in [0.15, 0.2) is 5.65 Å². The third-order valence-corrected chi connectivity index (χ3v) is 4.61. The lowest BCUT2D eigenvalue weighted by atomic mass is 10.2. The van der Waals surface area contributed by atoms with Crippen LogP contribution in [0.25, 0.3) is 16.7 Å². The maximum absolute atomic E-state index is 13.3. The molecule has 0 atom stereocenters. The van der Waals surface area contributed by atoms with E-state index in [1.54, 1.807) is 36.4 Å². The summed E-state index contributed by atoms with van der Waals surface area (Å²) < 4.78 is 15.8. The molecule has 4 aromatic rings. The van der Waals surface area contributed by atoms with Gasteiger partial charge in [-0.25, -0.2) is 18.7 Å². The van der Waals surface area contributed by atoms with Crippen molar-refractivity contribution in [3.05, 3.63) is 104 Å². The van der Waals surface area contributed by atoms with E-state index < -0.39 is 17.1 Å². The average molecular weight is 382 g/mol. The molecular formula is C20H13ClFN3O2. The van der Waals surface area contributed by atoms with Crippen LogP contribution in [-0.4, -0.2) is 14.1 Å². The highest BCUT2D eigenvalue weighted by Gasteiger charge is 2.16. The second kappa shape index (κ2) is 6.81. The summed E-state index contributed by atoms with van der Waals surface area (Å²) in [6.07, 6.45) is 1.53. The Balaban J connectivity index is 2.02. The molecular weight excluding hydrogens is 369 g/mol. The first-order valence-electron chi connectivity index (χ1n) is 8.16. The maximum atomic E-state index is 13.3. The molecule has 134 valence electrons. The van der Waals surface area contributed by atoms with Crippen molar-refractivity contribution < 1.29 is 4.39 Å². The molecule has 0 fully saturated rings. The van der Waals surface area contributed by atoms with Crippen molar-refractivity contribution in [1.82, 2.24) is 14.1 Å². The number of hydrogen-bond acceptors (Lipinski definition) is 3. The van der Waals surface area contributed by atoms with Crippen LogP contribution in [0.4, 0.5) is 4.39 Å². The minimum atomic E-state index is -0.544. The van der Waals surface area contributed by atoms with E-state index in [-0.39, 0.29) is 17.2 Å². The molecule has 0 aliphatic rings. The molecule has 27 heavy (non-hydrogen) atoms. The van der Waals surface area contributed by atoms with Gasteiger partial charge in [0.1, 0.15) is 5.82 Å². The number of pyridine rings is 1. The van der Waals surface area contributed by atoms with E-state index in [4.69, 9.17) is 11.6 Å². The van der Waals surface area contributed by atoms with Crippen LogP contribution in [0.2, 0.25) is 5.02 Å². The minimum Gasteiger partial charge on any atom is -0.268 e. The first kappa shape index (κ1) is 17.2. The van der Waals surface area contributed by atoms with Crippen molar-refractivity contribution in [3.63, 3.8) is 0 Å². The van der Waals surface area contributed by atoms with E-state index in [1.165, 1.54) is 22.9 Å². The van der Waals surface area contributed by atoms with Crippen molar-refractivity contribution in [3.8, 4) is 5.69 Å². The third kappa shape index (κ3) is 3.04. The molecule has 0 amide bonds. The number of nitrogens with zero attached hydrogens (tertiary/aromatic N) is 3. The zero-order valence-corrected chi connectivity index (χ0v) is 14.7. The first-order valence-corrected chi connectivity index (χ1v) is 8.54. The highest BCUT2D eigenvalue weighted by atomic mass is 35.5. The fourth-order valence-electron chi connectivity index (χ4n) is 2.96. The predicted octanol–water partition coefficient (Wildman–Crippen LogP) is 3.39. The van der Waals surface area contributed by atoms with E-state index in [9.17, 15) is 14.0 Å². The molecule has 0 radical (unpaired) electrons. The second-order valence-corrected chi connectivity index (χ2v) is 6.36. The molecule has 0 aliphatic carbocycles. The lowest BCUT2D eigenvalue weighted by Gasteiger charge is -2.14. The van der Waals surface area contributed by atoms with Gasteiger partial charge in [-0.1, -0.05) is 35.9 Å². The van der Waals surface area contributed by atoms with Gasteiger partial charge in [0.2, 0.25) is 0 Å². The molecule has 5 nitrogen and oxygen atoms in total. The lowest BCUT2D eigenvalue weighted by Crippen LogP contribution is -2.40. The molecule has 0 saturated heterocycles. The van der Waals surface area contributed by atoms with Crippen LogP contribution < -0.4 is 11.2 Å². The molecule has 0 spiro atoms. The summed E-state index contributed by atoms with van der Waals surface area (Å²) in [5.74, 6) is -0.486. The molecule has 0 N–H and O–H groups in total. The van der Waals surface area contributed by atoms with Crippen LogP contribution in [0.3, 0.4) is 0 Å². The summed E-state index contributed by atoms with van der Waals surface area (Å²) in [5.41, 5.74) is 0.318. The highest BCUT2D eigenvalue weighted by Crippen LogP contribution is 2.18. The van der Waals surface area contributed by atoms with Crippen molar-refractivity contribution in [1.29, 1.82) is 0 Å². The van der Waals surface area contributed by atoms with Crippen LogP contribution in [0.1, 0.15) is 5.56 Å². The Morgan fingerprint density at radius 3 is 2.52 bits per heavy atom. The zero-order chi connectivity index (χ0) is 19.0. The number of rotatable bonds is 3. The van der Waals surface area contributed by atoms with Gasteiger partial charge < -0.3 is 0 Å². The maximum Gasteiger partial charge on any atom is 0.337 e. The summed E-state index contributed by atoms with van der Waals surface area (Å²) in [5, 5.41) is 0.457. The molecule has 0 bridgehead atoms. The molecule has 0 aliphatic heterocycles. The monoisotopic (exact) mass is 381 g/mol. The molecule has 2 aromatic heterocycles. The SMILES string of the molecule is O=c1c2cccnc2n(-c2ccccc2)c(=O)n1Cc1ccc(F)cc1Cl. The molecule has 0 saturated carbocycles. The Hall–Kier alpha value is -3.25. The number of benzene rings is 2.